The Morgan fingerprint density at radius 2 is 2.00 bits per heavy atom. The van der Waals surface area contributed by atoms with Gasteiger partial charge in [-0.15, -0.1) is 10.2 Å². The second-order valence-corrected chi connectivity index (χ2v) is 2.08. The first-order chi connectivity index (χ1) is 4.61. The molecule has 0 bridgehead atoms. The fourth-order valence-electron chi connectivity index (χ4n) is 0.410. The van der Waals surface area contributed by atoms with Crippen LogP contribution < -0.4 is 0 Å². The summed E-state index contributed by atoms with van der Waals surface area (Å²) >= 11 is 10.3. The van der Waals surface area contributed by atoms with Crippen molar-refractivity contribution >= 4 is 23.4 Å². The third-order valence-corrected chi connectivity index (χ3v) is 1.20. The number of aromatic nitrogens is 3. The Balaban J connectivity index is 3.03. The summed E-state index contributed by atoms with van der Waals surface area (Å²) in [6, 6.07) is 0. The van der Waals surface area contributed by atoms with Gasteiger partial charge in [-0.25, -0.2) is 8.78 Å². The summed E-state index contributed by atoms with van der Waals surface area (Å²) in [5.74, 6) is 0. The molecule has 0 amide bonds. The van der Waals surface area contributed by atoms with E-state index in [-0.39, 0.29) is 5.15 Å². The van der Waals surface area contributed by atoms with Gasteiger partial charge < -0.3 is 0 Å². The molecule has 10 heavy (non-hydrogen) atoms. The van der Waals surface area contributed by atoms with E-state index < -0.39 is 12.1 Å². The fraction of sp³-hybridized carbons (Fsp3) is 0.333. The number of hydrogen-bond acceptors (Lipinski definition) is 2. The third kappa shape index (κ3) is 1.35. The highest BCUT2D eigenvalue weighted by Crippen LogP contribution is 2.22. The zero-order valence-corrected chi connectivity index (χ0v) is 5.94. The van der Waals surface area contributed by atoms with Crippen LogP contribution in [0.3, 0.4) is 0 Å². The highest BCUT2D eigenvalue weighted by Gasteiger charge is 2.17. The monoisotopic (exact) mass is 187 g/mol. The normalized spacial score (nSPS) is 10.9. The van der Waals surface area contributed by atoms with E-state index in [0.29, 0.717) is 4.32 Å². The van der Waals surface area contributed by atoms with Crippen molar-refractivity contribution in [1.82, 2.24) is 14.5 Å². The molecule has 3 nitrogen and oxygen atoms in total. The van der Waals surface area contributed by atoms with Crippen LogP contribution in [-0.2, 0) is 0 Å². The molecule has 0 unspecified atom stereocenters. The SMILES string of the molecule is FC(F)c1nn(Cl)nc1Cl. The Bertz CT molecular complexity index is 236. The van der Waals surface area contributed by atoms with Crippen molar-refractivity contribution < 1.29 is 8.78 Å². The largest absolute Gasteiger partial charge is 0.285 e. The van der Waals surface area contributed by atoms with Crippen LogP contribution in [0.1, 0.15) is 12.1 Å². The van der Waals surface area contributed by atoms with Gasteiger partial charge in [0, 0.05) is 0 Å². The summed E-state index contributed by atoms with van der Waals surface area (Å²) < 4.78 is 24.0. The minimum Gasteiger partial charge on any atom is -0.203 e. The molecule has 0 N–H and O–H groups in total. The van der Waals surface area contributed by atoms with Crippen molar-refractivity contribution in [3.8, 4) is 0 Å². The van der Waals surface area contributed by atoms with E-state index in [1.165, 1.54) is 0 Å². The Hall–Kier alpha value is -0.420. The van der Waals surface area contributed by atoms with Gasteiger partial charge in [0.25, 0.3) is 6.43 Å². The van der Waals surface area contributed by atoms with Gasteiger partial charge in [-0.05, 0) is 0 Å². The topological polar surface area (TPSA) is 30.7 Å². The van der Waals surface area contributed by atoms with Gasteiger partial charge in [0.2, 0.25) is 0 Å². The van der Waals surface area contributed by atoms with Crippen molar-refractivity contribution in [2.45, 2.75) is 6.43 Å². The Morgan fingerprint density at radius 1 is 1.40 bits per heavy atom. The molecule has 0 saturated carbocycles. The van der Waals surface area contributed by atoms with Crippen LogP contribution in [0.2, 0.25) is 5.15 Å². The van der Waals surface area contributed by atoms with E-state index in [1.807, 2.05) is 0 Å². The maximum atomic E-state index is 11.8. The lowest BCUT2D eigenvalue weighted by atomic mass is 10.5. The van der Waals surface area contributed by atoms with Gasteiger partial charge in [0.1, 0.15) is 0 Å². The molecule has 0 aromatic carbocycles. The first-order valence-electron chi connectivity index (χ1n) is 2.18. The van der Waals surface area contributed by atoms with Crippen molar-refractivity contribution in [1.29, 1.82) is 0 Å². The van der Waals surface area contributed by atoms with Crippen LogP contribution in [0, 0.1) is 0 Å². The summed E-state index contributed by atoms with van der Waals surface area (Å²) in [6.45, 7) is 0. The van der Waals surface area contributed by atoms with Gasteiger partial charge in [0.05, 0.1) is 11.8 Å². The quantitative estimate of drug-likeness (QED) is 0.673. The number of nitrogens with zero attached hydrogens (tertiary/aromatic N) is 3. The molecule has 0 aliphatic carbocycles. The summed E-state index contributed by atoms with van der Waals surface area (Å²) in [7, 11) is 0. The second kappa shape index (κ2) is 2.67. The number of halogens is 4. The highest BCUT2D eigenvalue weighted by atomic mass is 35.5. The number of hydrogen-bond donors (Lipinski definition) is 0. The van der Waals surface area contributed by atoms with Crippen LogP contribution >= 0.6 is 23.4 Å². The summed E-state index contributed by atoms with van der Waals surface area (Å²) in [5.41, 5.74) is -0.600. The van der Waals surface area contributed by atoms with Gasteiger partial charge in [-0.2, -0.15) is 0 Å². The first kappa shape index (κ1) is 7.68. The van der Waals surface area contributed by atoms with E-state index in [0.717, 1.165) is 0 Å². The Labute approximate surface area is 64.6 Å². The van der Waals surface area contributed by atoms with E-state index in [9.17, 15) is 8.78 Å². The van der Waals surface area contributed by atoms with Gasteiger partial charge in [-0.3, -0.25) is 0 Å². The van der Waals surface area contributed by atoms with E-state index in [4.69, 9.17) is 23.4 Å². The minimum atomic E-state index is -2.74. The minimum absolute atomic E-state index is 0.370. The first-order valence-corrected chi connectivity index (χ1v) is 2.90. The van der Waals surface area contributed by atoms with Gasteiger partial charge in [0.15, 0.2) is 10.8 Å². The lowest BCUT2D eigenvalue weighted by molar-refractivity contribution is 0.146. The zero-order chi connectivity index (χ0) is 7.72. The van der Waals surface area contributed by atoms with Crippen molar-refractivity contribution in [2.75, 3.05) is 0 Å². The fourth-order valence-corrected chi connectivity index (χ4v) is 0.797. The predicted octanol–water partition coefficient (Wildman–Crippen LogP) is 1.87. The predicted molar refractivity (Wildman–Crippen MR) is 31.2 cm³/mol. The molecule has 0 spiro atoms. The molecule has 0 aliphatic rings. The maximum Gasteiger partial charge on any atom is 0.285 e. The molecule has 1 heterocycles. The second-order valence-electron chi connectivity index (χ2n) is 1.42. The van der Waals surface area contributed by atoms with E-state index >= 15 is 0 Å². The van der Waals surface area contributed by atoms with Crippen LogP contribution in [0.4, 0.5) is 8.78 Å². The number of rotatable bonds is 1. The standard InChI is InChI=1S/C3HCl2F2N3/c4-2-1(3(6)7)8-10(5)9-2/h3H. The molecule has 0 radical (unpaired) electrons. The zero-order valence-electron chi connectivity index (χ0n) is 4.43. The lowest BCUT2D eigenvalue weighted by Gasteiger charge is -1.87. The molecule has 0 aliphatic heterocycles. The summed E-state index contributed by atoms with van der Waals surface area (Å²) in [4.78, 5) is 0. The number of alkyl halides is 2. The van der Waals surface area contributed by atoms with E-state index in [2.05, 4.69) is 10.2 Å². The van der Waals surface area contributed by atoms with Crippen molar-refractivity contribution in [3.63, 3.8) is 0 Å². The Kier molecular flexibility index (Phi) is 2.05. The molecule has 1 aromatic heterocycles. The smallest absolute Gasteiger partial charge is 0.203 e. The van der Waals surface area contributed by atoms with Crippen LogP contribution in [0.5, 0.6) is 0 Å². The van der Waals surface area contributed by atoms with Crippen LogP contribution in [0.25, 0.3) is 0 Å². The molecule has 1 aromatic rings. The maximum absolute atomic E-state index is 11.8. The van der Waals surface area contributed by atoms with Gasteiger partial charge >= 0.3 is 0 Å². The molecule has 0 atom stereocenters. The molecule has 7 heteroatoms. The average molecular weight is 188 g/mol. The lowest BCUT2D eigenvalue weighted by Crippen LogP contribution is -1.87. The molecular formula is C3HCl2F2N3. The van der Waals surface area contributed by atoms with E-state index in [1.54, 1.807) is 0 Å². The van der Waals surface area contributed by atoms with Crippen molar-refractivity contribution in [2.24, 2.45) is 0 Å². The van der Waals surface area contributed by atoms with Gasteiger partial charge in [-0.1, -0.05) is 15.9 Å². The molecule has 0 fully saturated rings. The average Bonchev–Trinajstić information content (AvgIpc) is 2.10. The molecule has 56 valence electrons. The Morgan fingerprint density at radius 3 is 2.20 bits per heavy atom. The third-order valence-electron chi connectivity index (χ3n) is 0.779. The summed E-state index contributed by atoms with van der Waals surface area (Å²) in [5, 5.41) is 5.92. The highest BCUT2D eigenvalue weighted by molar-refractivity contribution is 6.30. The van der Waals surface area contributed by atoms with Crippen molar-refractivity contribution in [3.05, 3.63) is 10.8 Å². The van der Waals surface area contributed by atoms with Crippen LogP contribution in [-0.4, -0.2) is 14.5 Å². The summed E-state index contributed by atoms with van der Waals surface area (Å²) in [6.07, 6.45) is -2.74. The van der Waals surface area contributed by atoms with Crippen LogP contribution in [0.15, 0.2) is 0 Å². The molecule has 1 rings (SSSR count). The molecule has 0 saturated heterocycles. The molecular weight excluding hydrogens is 187 g/mol.